The van der Waals surface area contributed by atoms with Gasteiger partial charge in [0, 0.05) is 23.5 Å². The third-order valence-electron chi connectivity index (χ3n) is 4.19. The van der Waals surface area contributed by atoms with E-state index in [1.54, 1.807) is 30.5 Å². The van der Waals surface area contributed by atoms with Crippen molar-refractivity contribution in [3.05, 3.63) is 84.2 Å². The van der Waals surface area contributed by atoms with E-state index in [0.29, 0.717) is 17.0 Å². The number of aromatic carboxylic acids is 1. The average Bonchev–Trinajstić information content (AvgIpc) is 3.18. The number of ether oxygens (including phenoxy) is 1. The lowest BCUT2D eigenvalue weighted by Gasteiger charge is -2.09. The number of carbonyl (C=O) groups excluding carboxylic acids is 1. The molecule has 4 aromatic rings. The Balaban J connectivity index is 1.54. The van der Waals surface area contributed by atoms with Gasteiger partial charge < -0.3 is 9.84 Å². The normalized spacial score (nSPS) is 10.6. The van der Waals surface area contributed by atoms with Crippen LogP contribution in [0.4, 0.5) is 10.5 Å². The summed E-state index contributed by atoms with van der Waals surface area (Å²) in [5.74, 6) is -1.13. The lowest BCUT2D eigenvalue weighted by atomic mass is 10.1. The van der Waals surface area contributed by atoms with Gasteiger partial charge in [-0.3, -0.25) is 5.32 Å². The lowest BCUT2D eigenvalue weighted by Crippen LogP contribution is -2.13. The van der Waals surface area contributed by atoms with Crippen molar-refractivity contribution in [3.8, 4) is 11.3 Å². The molecular formula is C21H16N4O4. The molecule has 0 aliphatic carbocycles. The number of anilines is 1. The monoisotopic (exact) mass is 388 g/mol. The van der Waals surface area contributed by atoms with Crippen LogP contribution in [0.25, 0.3) is 16.9 Å². The second-order valence-corrected chi connectivity index (χ2v) is 6.20. The average molecular weight is 388 g/mol. The molecule has 0 spiro atoms. The topological polar surface area (TPSA) is 106 Å². The molecule has 0 radical (unpaired) electrons. The Kier molecular flexibility index (Phi) is 4.90. The highest BCUT2D eigenvalue weighted by molar-refractivity contribution is 5.87. The van der Waals surface area contributed by atoms with Crippen molar-refractivity contribution in [1.82, 2.24) is 14.6 Å². The molecule has 0 saturated heterocycles. The standard InChI is InChI=1S/C21H16N4O4/c26-20(27)17-12-19-22-10-9-18(25(19)24-17)15-7-4-8-16(11-15)23-21(28)29-13-14-5-2-1-3-6-14/h1-12H,13H2,(H,23,28)(H,26,27). The van der Waals surface area contributed by atoms with Gasteiger partial charge in [-0.05, 0) is 23.8 Å². The molecule has 8 heteroatoms. The third kappa shape index (κ3) is 4.06. The first-order chi connectivity index (χ1) is 14.1. The number of fused-ring (bicyclic) bond motifs is 1. The predicted molar refractivity (Wildman–Crippen MR) is 106 cm³/mol. The van der Waals surface area contributed by atoms with Crippen LogP contribution in [0.3, 0.4) is 0 Å². The van der Waals surface area contributed by atoms with E-state index in [4.69, 9.17) is 9.84 Å². The number of nitrogens with one attached hydrogen (secondary N) is 1. The van der Waals surface area contributed by atoms with E-state index in [1.807, 2.05) is 36.4 Å². The van der Waals surface area contributed by atoms with Gasteiger partial charge in [-0.25, -0.2) is 19.1 Å². The highest BCUT2D eigenvalue weighted by Crippen LogP contribution is 2.23. The van der Waals surface area contributed by atoms with Crippen molar-refractivity contribution >= 4 is 23.4 Å². The zero-order valence-corrected chi connectivity index (χ0v) is 15.1. The van der Waals surface area contributed by atoms with Gasteiger partial charge in [-0.15, -0.1) is 0 Å². The van der Waals surface area contributed by atoms with Crippen molar-refractivity contribution in [1.29, 1.82) is 0 Å². The van der Waals surface area contributed by atoms with E-state index in [9.17, 15) is 9.59 Å². The predicted octanol–water partition coefficient (Wildman–Crippen LogP) is 3.84. The molecule has 2 aromatic heterocycles. The van der Waals surface area contributed by atoms with Gasteiger partial charge in [-0.2, -0.15) is 5.10 Å². The molecule has 4 rings (SSSR count). The zero-order chi connectivity index (χ0) is 20.2. The van der Waals surface area contributed by atoms with Gasteiger partial charge in [0.1, 0.15) is 6.61 Å². The van der Waals surface area contributed by atoms with Gasteiger partial charge in [0.2, 0.25) is 0 Å². The highest BCUT2D eigenvalue weighted by atomic mass is 16.5. The minimum atomic E-state index is -1.13. The minimum Gasteiger partial charge on any atom is -0.476 e. The molecule has 144 valence electrons. The summed E-state index contributed by atoms with van der Waals surface area (Å²) < 4.78 is 6.69. The van der Waals surface area contributed by atoms with Crippen LogP contribution in [-0.4, -0.2) is 31.8 Å². The molecule has 0 atom stereocenters. The number of carbonyl (C=O) groups is 2. The largest absolute Gasteiger partial charge is 0.476 e. The van der Waals surface area contributed by atoms with E-state index in [1.165, 1.54) is 10.6 Å². The van der Waals surface area contributed by atoms with Gasteiger partial charge >= 0.3 is 12.1 Å². The number of rotatable bonds is 5. The molecule has 0 bridgehead atoms. The fourth-order valence-electron chi connectivity index (χ4n) is 2.85. The summed E-state index contributed by atoms with van der Waals surface area (Å²) >= 11 is 0. The van der Waals surface area contributed by atoms with E-state index in [2.05, 4.69) is 15.4 Å². The quantitative estimate of drug-likeness (QED) is 0.538. The molecule has 0 unspecified atom stereocenters. The number of aromatic nitrogens is 3. The molecule has 1 amide bonds. The number of hydrogen-bond acceptors (Lipinski definition) is 5. The maximum atomic E-state index is 12.1. The molecule has 2 aromatic carbocycles. The third-order valence-corrected chi connectivity index (χ3v) is 4.19. The fourth-order valence-corrected chi connectivity index (χ4v) is 2.85. The molecule has 0 aliphatic heterocycles. The molecule has 2 heterocycles. The van der Waals surface area contributed by atoms with Crippen LogP contribution in [0.1, 0.15) is 16.1 Å². The Hall–Kier alpha value is -4.20. The van der Waals surface area contributed by atoms with Crippen molar-refractivity contribution in [2.75, 3.05) is 5.32 Å². The van der Waals surface area contributed by atoms with Crippen molar-refractivity contribution in [2.45, 2.75) is 6.61 Å². The van der Waals surface area contributed by atoms with Gasteiger partial charge in [0.15, 0.2) is 11.3 Å². The van der Waals surface area contributed by atoms with Gasteiger partial charge in [0.25, 0.3) is 0 Å². The van der Waals surface area contributed by atoms with E-state index >= 15 is 0 Å². The van der Waals surface area contributed by atoms with Crippen LogP contribution in [-0.2, 0) is 11.3 Å². The molecule has 2 N–H and O–H groups in total. The van der Waals surface area contributed by atoms with Crippen molar-refractivity contribution in [2.24, 2.45) is 0 Å². The van der Waals surface area contributed by atoms with E-state index in [0.717, 1.165) is 11.1 Å². The first kappa shape index (κ1) is 18.2. The van der Waals surface area contributed by atoms with Crippen LogP contribution < -0.4 is 5.32 Å². The Bertz CT molecular complexity index is 1190. The highest BCUT2D eigenvalue weighted by Gasteiger charge is 2.13. The summed E-state index contributed by atoms with van der Waals surface area (Å²) in [4.78, 5) is 27.4. The van der Waals surface area contributed by atoms with Gasteiger partial charge in [0.05, 0.1) is 5.69 Å². The summed E-state index contributed by atoms with van der Waals surface area (Å²) in [6.07, 6.45) is 1.00. The Labute approximate surface area is 165 Å². The molecule has 29 heavy (non-hydrogen) atoms. The first-order valence-corrected chi connectivity index (χ1v) is 8.76. The second kappa shape index (κ2) is 7.81. The van der Waals surface area contributed by atoms with Gasteiger partial charge in [-0.1, -0.05) is 42.5 Å². The summed E-state index contributed by atoms with van der Waals surface area (Å²) in [6.45, 7) is 0.169. The summed E-state index contributed by atoms with van der Waals surface area (Å²) in [5, 5.41) is 15.9. The maximum absolute atomic E-state index is 12.1. The molecule has 0 aliphatic rings. The Morgan fingerprint density at radius 3 is 2.66 bits per heavy atom. The molecule has 0 fully saturated rings. The summed E-state index contributed by atoms with van der Waals surface area (Å²) in [6, 6.07) is 19.6. The summed E-state index contributed by atoms with van der Waals surface area (Å²) in [7, 11) is 0. The van der Waals surface area contributed by atoms with Crippen LogP contribution in [0.2, 0.25) is 0 Å². The molecular weight excluding hydrogens is 372 g/mol. The van der Waals surface area contributed by atoms with E-state index < -0.39 is 12.1 Å². The smallest absolute Gasteiger partial charge is 0.411 e. The minimum absolute atomic E-state index is 0.0938. The zero-order valence-electron chi connectivity index (χ0n) is 15.1. The maximum Gasteiger partial charge on any atom is 0.411 e. The Morgan fingerprint density at radius 2 is 1.86 bits per heavy atom. The lowest BCUT2D eigenvalue weighted by molar-refractivity contribution is 0.0690. The van der Waals surface area contributed by atoms with E-state index in [-0.39, 0.29) is 12.3 Å². The Morgan fingerprint density at radius 1 is 1.03 bits per heavy atom. The van der Waals surface area contributed by atoms with Crippen molar-refractivity contribution in [3.63, 3.8) is 0 Å². The molecule has 8 nitrogen and oxygen atoms in total. The number of carboxylic acids is 1. The summed E-state index contributed by atoms with van der Waals surface area (Å²) in [5.41, 5.74) is 3.13. The van der Waals surface area contributed by atoms with Crippen LogP contribution in [0, 0.1) is 0 Å². The number of hydrogen-bond donors (Lipinski definition) is 2. The SMILES string of the molecule is O=C(Nc1cccc(-c2ccnc3cc(C(=O)O)nn23)c1)OCc1ccccc1. The molecule has 0 saturated carbocycles. The second-order valence-electron chi connectivity index (χ2n) is 6.20. The van der Waals surface area contributed by atoms with Crippen LogP contribution in [0.5, 0.6) is 0 Å². The first-order valence-electron chi connectivity index (χ1n) is 8.76. The number of benzene rings is 2. The van der Waals surface area contributed by atoms with Crippen LogP contribution >= 0.6 is 0 Å². The van der Waals surface area contributed by atoms with Crippen LogP contribution in [0.15, 0.2) is 72.9 Å². The van der Waals surface area contributed by atoms with Crippen molar-refractivity contribution < 1.29 is 19.4 Å². The number of carboxylic acid groups (broad SMARTS) is 1. The number of nitrogens with zero attached hydrogens (tertiary/aromatic N) is 3. The number of amides is 1. The fraction of sp³-hybridized carbons (Fsp3) is 0.0476.